The molecular formula is C31H34FN5O2. The molecule has 202 valence electrons. The molecule has 8 heteroatoms. The second kappa shape index (κ2) is 12.5. The first-order valence-corrected chi connectivity index (χ1v) is 13.8. The molecule has 2 aliphatic rings. The molecule has 2 fully saturated rings. The molecule has 0 unspecified atom stereocenters. The van der Waals surface area contributed by atoms with Gasteiger partial charge in [-0.2, -0.15) is 0 Å². The number of ether oxygens (including phenoxy) is 1. The molecule has 2 aromatic heterocycles. The number of carbonyl (C=O) groups is 1. The lowest BCUT2D eigenvalue weighted by Crippen LogP contribution is -2.53. The molecule has 0 bridgehead atoms. The summed E-state index contributed by atoms with van der Waals surface area (Å²) in [6.07, 6.45) is 6.81. The van der Waals surface area contributed by atoms with Crippen molar-refractivity contribution in [1.29, 1.82) is 0 Å². The zero-order chi connectivity index (χ0) is 27.2. The van der Waals surface area contributed by atoms with Crippen molar-refractivity contribution in [3.8, 4) is 23.1 Å². The lowest BCUT2D eigenvalue weighted by molar-refractivity contribution is 0.0136. The minimum Gasteiger partial charge on any atom is -0.381 e. The van der Waals surface area contributed by atoms with Crippen LogP contribution in [0.15, 0.2) is 42.9 Å². The summed E-state index contributed by atoms with van der Waals surface area (Å²) < 4.78 is 20.9. The first-order chi connectivity index (χ1) is 19.1. The Bertz CT molecular complexity index is 1370. The fourth-order valence-electron chi connectivity index (χ4n) is 5.23. The van der Waals surface area contributed by atoms with E-state index in [2.05, 4.69) is 38.6 Å². The average molecular weight is 528 g/mol. The van der Waals surface area contributed by atoms with Crippen molar-refractivity contribution in [2.45, 2.75) is 45.6 Å². The van der Waals surface area contributed by atoms with Gasteiger partial charge < -0.3 is 9.64 Å². The maximum absolute atomic E-state index is 15.4. The van der Waals surface area contributed by atoms with Crippen LogP contribution in [0, 0.1) is 17.7 Å². The molecule has 0 spiro atoms. The number of nitrogens with zero attached hydrogens (tertiary/aromatic N) is 5. The van der Waals surface area contributed by atoms with Crippen molar-refractivity contribution in [1.82, 2.24) is 24.8 Å². The van der Waals surface area contributed by atoms with Gasteiger partial charge in [0.15, 0.2) is 0 Å². The van der Waals surface area contributed by atoms with Crippen LogP contribution in [-0.2, 0) is 17.6 Å². The number of hydrogen-bond acceptors (Lipinski definition) is 6. The Kier molecular flexibility index (Phi) is 8.60. The fourth-order valence-corrected chi connectivity index (χ4v) is 5.23. The molecular weight excluding hydrogens is 493 g/mol. The van der Waals surface area contributed by atoms with Gasteiger partial charge >= 0.3 is 0 Å². The molecule has 0 aliphatic carbocycles. The van der Waals surface area contributed by atoms with Gasteiger partial charge in [-0.25, -0.2) is 14.4 Å². The molecule has 0 N–H and O–H groups in total. The maximum atomic E-state index is 15.4. The molecule has 5 rings (SSSR count). The normalized spacial score (nSPS) is 16.5. The Labute approximate surface area is 229 Å². The van der Waals surface area contributed by atoms with E-state index in [0.29, 0.717) is 42.4 Å². The van der Waals surface area contributed by atoms with Gasteiger partial charge in [0, 0.05) is 68.5 Å². The van der Waals surface area contributed by atoms with Crippen LogP contribution < -0.4 is 0 Å². The Morgan fingerprint density at radius 2 is 1.79 bits per heavy atom. The van der Waals surface area contributed by atoms with E-state index >= 15 is 4.39 Å². The average Bonchev–Trinajstić information content (AvgIpc) is 3.00. The molecule has 1 aromatic carbocycles. The number of piperazine rings is 1. The molecule has 0 saturated carbocycles. The zero-order valence-electron chi connectivity index (χ0n) is 22.6. The molecule has 0 atom stereocenters. The van der Waals surface area contributed by atoms with Crippen LogP contribution >= 0.6 is 0 Å². The van der Waals surface area contributed by atoms with Crippen molar-refractivity contribution in [3.05, 3.63) is 76.8 Å². The maximum Gasteiger partial charge on any atom is 0.256 e. The van der Waals surface area contributed by atoms with Crippen molar-refractivity contribution in [3.63, 3.8) is 0 Å². The van der Waals surface area contributed by atoms with Gasteiger partial charge in [-0.05, 0) is 49.9 Å². The summed E-state index contributed by atoms with van der Waals surface area (Å²) in [5.41, 5.74) is 4.43. The van der Waals surface area contributed by atoms with E-state index < -0.39 is 5.82 Å². The summed E-state index contributed by atoms with van der Waals surface area (Å²) in [6.45, 7) is 8.44. The number of carbonyl (C=O) groups excluding carboxylic acids is 1. The number of rotatable bonds is 5. The van der Waals surface area contributed by atoms with E-state index in [1.165, 1.54) is 12.4 Å². The monoisotopic (exact) mass is 527 g/mol. The number of aromatic nitrogens is 3. The predicted molar refractivity (Wildman–Crippen MR) is 148 cm³/mol. The van der Waals surface area contributed by atoms with Crippen LogP contribution in [-0.4, -0.2) is 76.1 Å². The molecule has 39 heavy (non-hydrogen) atoms. The lowest BCUT2D eigenvalue weighted by Gasteiger charge is -2.40. The highest BCUT2D eigenvalue weighted by atomic mass is 19.1. The van der Waals surface area contributed by atoms with E-state index in [9.17, 15) is 4.79 Å². The quantitative estimate of drug-likeness (QED) is 0.465. The second-order valence-corrected chi connectivity index (χ2v) is 9.91. The van der Waals surface area contributed by atoms with Crippen LogP contribution in [0.25, 0.3) is 11.3 Å². The van der Waals surface area contributed by atoms with E-state index in [-0.39, 0.29) is 11.5 Å². The number of halogens is 1. The van der Waals surface area contributed by atoms with Gasteiger partial charge in [0.2, 0.25) is 0 Å². The Morgan fingerprint density at radius 3 is 2.46 bits per heavy atom. The van der Waals surface area contributed by atoms with E-state index in [1.807, 2.05) is 19.1 Å². The first kappa shape index (κ1) is 26.9. The largest absolute Gasteiger partial charge is 0.381 e. The minimum atomic E-state index is -0.556. The van der Waals surface area contributed by atoms with Crippen molar-refractivity contribution < 1.29 is 13.9 Å². The summed E-state index contributed by atoms with van der Waals surface area (Å²) in [7, 11) is 0. The van der Waals surface area contributed by atoms with Crippen LogP contribution in [0.5, 0.6) is 0 Å². The highest BCUT2D eigenvalue weighted by Crippen LogP contribution is 2.26. The SMILES string of the molecule is CCc1ccc(C#Cc2c(CC)ncnc2-c2ccc(C(=O)N3CCN(C4CCOCC4)CC3)c(F)c2)cn1. The zero-order valence-corrected chi connectivity index (χ0v) is 22.6. The molecule has 7 nitrogen and oxygen atoms in total. The van der Waals surface area contributed by atoms with Crippen molar-refractivity contribution in [2.75, 3.05) is 39.4 Å². The third-order valence-corrected chi connectivity index (χ3v) is 7.56. The standard InChI is InChI=1S/C31H34FN5O2/c1-3-24-8-5-22(20-33-24)6-9-27-29(4-2)34-21-35-30(27)23-7-10-26(28(32)19-23)31(38)37-15-13-36(14-16-37)25-11-17-39-18-12-25/h5,7-8,10,19-21,25H,3-4,11-18H2,1-2H3. The molecule has 2 saturated heterocycles. The topological polar surface area (TPSA) is 71.5 Å². The smallest absolute Gasteiger partial charge is 0.256 e. The number of pyridine rings is 1. The van der Waals surface area contributed by atoms with Crippen molar-refractivity contribution in [2.24, 2.45) is 0 Å². The Hall–Kier alpha value is -3.67. The van der Waals surface area contributed by atoms with Crippen LogP contribution in [0.1, 0.15) is 59.6 Å². The highest BCUT2D eigenvalue weighted by Gasteiger charge is 2.29. The third-order valence-electron chi connectivity index (χ3n) is 7.56. The highest BCUT2D eigenvalue weighted by molar-refractivity contribution is 5.95. The molecule has 2 aliphatic heterocycles. The first-order valence-electron chi connectivity index (χ1n) is 13.8. The number of hydrogen-bond donors (Lipinski definition) is 0. The van der Waals surface area contributed by atoms with Gasteiger partial charge in [-0.15, -0.1) is 0 Å². The minimum absolute atomic E-state index is 0.0813. The summed E-state index contributed by atoms with van der Waals surface area (Å²) in [6, 6.07) is 9.11. The van der Waals surface area contributed by atoms with E-state index in [0.717, 1.165) is 62.5 Å². The van der Waals surface area contributed by atoms with E-state index in [4.69, 9.17) is 4.74 Å². The summed E-state index contributed by atoms with van der Waals surface area (Å²) in [5.74, 6) is 5.52. The Morgan fingerprint density at radius 1 is 1.00 bits per heavy atom. The molecule has 0 radical (unpaired) electrons. The van der Waals surface area contributed by atoms with Gasteiger partial charge in [0.05, 0.1) is 22.5 Å². The summed E-state index contributed by atoms with van der Waals surface area (Å²) >= 11 is 0. The van der Waals surface area contributed by atoms with Crippen molar-refractivity contribution >= 4 is 5.91 Å². The number of amides is 1. The van der Waals surface area contributed by atoms with Crippen LogP contribution in [0.2, 0.25) is 0 Å². The van der Waals surface area contributed by atoms with Gasteiger partial charge in [-0.3, -0.25) is 14.7 Å². The number of benzene rings is 1. The predicted octanol–water partition coefficient (Wildman–Crippen LogP) is 4.14. The molecule has 1 amide bonds. The van der Waals surface area contributed by atoms with E-state index in [1.54, 1.807) is 23.2 Å². The molecule has 4 heterocycles. The fraction of sp³-hybridized carbons (Fsp3) is 0.419. The van der Waals surface area contributed by atoms with Crippen LogP contribution in [0.4, 0.5) is 4.39 Å². The van der Waals surface area contributed by atoms with Gasteiger partial charge in [0.25, 0.3) is 5.91 Å². The second-order valence-electron chi connectivity index (χ2n) is 9.91. The van der Waals surface area contributed by atoms with Crippen LogP contribution in [0.3, 0.4) is 0 Å². The summed E-state index contributed by atoms with van der Waals surface area (Å²) in [5, 5.41) is 0. The van der Waals surface area contributed by atoms with Gasteiger partial charge in [0.1, 0.15) is 12.1 Å². The summed E-state index contributed by atoms with van der Waals surface area (Å²) in [4.78, 5) is 30.7. The third kappa shape index (κ3) is 6.16. The molecule has 3 aromatic rings. The lowest BCUT2D eigenvalue weighted by atomic mass is 10.0. The Balaban J connectivity index is 1.34. The number of aryl methyl sites for hydroxylation is 2. The van der Waals surface area contributed by atoms with Gasteiger partial charge in [-0.1, -0.05) is 31.8 Å².